The molecule has 0 saturated carbocycles. The van der Waals surface area contributed by atoms with Crippen LogP contribution in [0, 0.1) is 0 Å². The van der Waals surface area contributed by atoms with Crippen LogP contribution in [0.3, 0.4) is 0 Å². The van der Waals surface area contributed by atoms with Crippen LogP contribution in [0.15, 0.2) is 47.5 Å². The van der Waals surface area contributed by atoms with Gasteiger partial charge in [0.2, 0.25) is 17.7 Å². The quantitative estimate of drug-likeness (QED) is 0.271. The number of hydrogen-bond donors (Lipinski definition) is 3. The second-order valence-corrected chi connectivity index (χ2v) is 8.45. The Bertz CT molecular complexity index is 1430. The number of amides is 1. The highest BCUT2D eigenvalue weighted by Gasteiger charge is 2.19. The fourth-order valence-electron chi connectivity index (χ4n) is 3.53. The lowest BCUT2D eigenvalue weighted by molar-refractivity contribution is -0.120. The fraction of sp³-hybridized carbons (Fsp3) is 0.280. The van der Waals surface area contributed by atoms with E-state index in [1.54, 1.807) is 31.4 Å². The first-order valence-electron chi connectivity index (χ1n) is 11.6. The highest BCUT2D eigenvalue weighted by atomic mass is 16.5. The summed E-state index contributed by atoms with van der Waals surface area (Å²) in [4.78, 5) is 37.2. The van der Waals surface area contributed by atoms with Gasteiger partial charge in [0, 0.05) is 25.5 Å². The number of ketones is 1. The number of benzene rings is 1. The molecule has 12 heteroatoms. The summed E-state index contributed by atoms with van der Waals surface area (Å²) in [6, 6.07) is 5.56. The van der Waals surface area contributed by atoms with E-state index in [0.29, 0.717) is 45.7 Å². The van der Waals surface area contributed by atoms with E-state index in [1.165, 1.54) is 26.5 Å². The maximum Gasteiger partial charge on any atom is 0.230 e. The molecule has 0 aliphatic rings. The summed E-state index contributed by atoms with van der Waals surface area (Å²) in [6.45, 7) is 5.50. The van der Waals surface area contributed by atoms with Gasteiger partial charge in [-0.1, -0.05) is 6.07 Å². The lowest BCUT2D eigenvalue weighted by atomic mass is 10.1. The van der Waals surface area contributed by atoms with Gasteiger partial charge in [0.05, 0.1) is 47.9 Å². The van der Waals surface area contributed by atoms with Gasteiger partial charge >= 0.3 is 0 Å². The molecule has 3 N–H and O–H groups in total. The Labute approximate surface area is 213 Å². The molecular formula is C25H28N8O4. The highest BCUT2D eigenvalue weighted by Crippen LogP contribution is 2.38. The number of Topliss-reactive ketones (excluding diaryl/α,β-unsaturated/α-hetero) is 1. The molecule has 0 saturated heterocycles. The second-order valence-electron chi connectivity index (χ2n) is 8.45. The summed E-state index contributed by atoms with van der Waals surface area (Å²) in [7, 11) is 3.08. The van der Waals surface area contributed by atoms with Crippen molar-refractivity contribution >= 4 is 34.8 Å². The zero-order valence-corrected chi connectivity index (χ0v) is 21.2. The van der Waals surface area contributed by atoms with Crippen LogP contribution in [-0.4, -0.2) is 50.6 Å². The third-order valence-electron chi connectivity index (χ3n) is 5.43. The summed E-state index contributed by atoms with van der Waals surface area (Å²) in [5.74, 6) is 0.920. The van der Waals surface area contributed by atoms with Crippen molar-refractivity contribution in [2.24, 2.45) is 0 Å². The lowest BCUT2D eigenvalue weighted by Gasteiger charge is -2.15. The molecule has 0 bridgehead atoms. The van der Waals surface area contributed by atoms with Gasteiger partial charge in [0.25, 0.3) is 0 Å². The van der Waals surface area contributed by atoms with E-state index < -0.39 is 0 Å². The number of ether oxygens (including phenoxy) is 1. The van der Waals surface area contributed by atoms with E-state index >= 15 is 0 Å². The Kier molecular flexibility index (Phi) is 7.47. The van der Waals surface area contributed by atoms with Gasteiger partial charge in [-0.3, -0.25) is 14.3 Å². The Morgan fingerprint density at radius 2 is 1.97 bits per heavy atom. The minimum absolute atomic E-state index is 0.0923. The number of anilines is 4. The van der Waals surface area contributed by atoms with Crippen LogP contribution in [0.25, 0.3) is 11.5 Å². The maximum absolute atomic E-state index is 12.3. The van der Waals surface area contributed by atoms with Crippen molar-refractivity contribution in [1.29, 1.82) is 0 Å². The molecule has 0 fully saturated rings. The standard InChI is InChI=1S/C25H28N8O4/c1-14(2)33-12-17(10-28-33)30-25-27-11-19(15(3)34)23(32-25)31-20-8-6-7-18(22(20)36-5)24-29-16(13-37-24)9-21(35)26-4/h6-8,10-14H,9H2,1-5H3,(H,26,35)(H2,27,30,31,32). The number of aromatic nitrogens is 5. The van der Waals surface area contributed by atoms with Crippen molar-refractivity contribution in [3.8, 4) is 17.2 Å². The molecular weight excluding hydrogens is 476 g/mol. The Hall–Kier alpha value is -4.74. The molecule has 4 aromatic rings. The van der Waals surface area contributed by atoms with Crippen molar-refractivity contribution in [1.82, 2.24) is 30.0 Å². The third kappa shape index (κ3) is 5.74. The first-order chi connectivity index (χ1) is 17.8. The van der Waals surface area contributed by atoms with Gasteiger partial charge in [0.1, 0.15) is 12.1 Å². The van der Waals surface area contributed by atoms with E-state index in [0.717, 1.165) is 0 Å². The zero-order chi connectivity index (χ0) is 26.5. The van der Waals surface area contributed by atoms with Crippen LogP contribution in [0.5, 0.6) is 5.75 Å². The summed E-state index contributed by atoms with van der Waals surface area (Å²) in [5.41, 5.74) is 2.60. The number of carbonyl (C=O) groups excluding carboxylic acids is 2. The number of hydrogen-bond acceptors (Lipinski definition) is 10. The predicted molar refractivity (Wildman–Crippen MR) is 137 cm³/mol. The van der Waals surface area contributed by atoms with Gasteiger partial charge < -0.3 is 25.1 Å². The van der Waals surface area contributed by atoms with Gasteiger partial charge in [-0.05, 0) is 32.9 Å². The largest absolute Gasteiger partial charge is 0.494 e. The molecule has 0 radical (unpaired) electrons. The molecule has 0 unspecified atom stereocenters. The Morgan fingerprint density at radius 1 is 1.16 bits per heavy atom. The van der Waals surface area contributed by atoms with E-state index in [4.69, 9.17) is 9.15 Å². The smallest absolute Gasteiger partial charge is 0.230 e. The Balaban J connectivity index is 1.65. The second kappa shape index (κ2) is 10.9. The molecule has 1 amide bonds. The number of para-hydroxylation sites is 1. The van der Waals surface area contributed by atoms with Crippen LogP contribution < -0.4 is 20.7 Å². The van der Waals surface area contributed by atoms with Crippen LogP contribution in [0.4, 0.5) is 23.1 Å². The topological polar surface area (TPSA) is 149 Å². The molecule has 1 aromatic carbocycles. The third-order valence-corrected chi connectivity index (χ3v) is 5.43. The zero-order valence-electron chi connectivity index (χ0n) is 21.2. The number of likely N-dealkylation sites (N-methyl/N-ethyl adjacent to an activating group) is 1. The van der Waals surface area contributed by atoms with Crippen molar-refractivity contribution in [2.75, 3.05) is 24.8 Å². The molecule has 3 heterocycles. The van der Waals surface area contributed by atoms with Crippen molar-refractivity contribution < 1.29 is 18.7 Å². The number of oxazole rings is 1. The van der Waals surface area contributed by atoms with Crippen molar-refractivity contribution in [2.45, 2.75) is 33.2 Å². The average Bonchev–Trinajstić information content (AvgIpc) is 3.53. The van der Waals surface area contributed by atoms with E-state index in [2.05, 4.69) is 36.0 Å². The van der Waals surface area contributed by atoms with Crippen LogP contribution in [-0.2, 0) is 11.2 Å². The number of nitrogens with one attached hydrogen (secondary N) is 3. The van der Waals surface area contributed by atoms with Crippen LogP contribution in [0.2, 0.25) is 0 Å². The predicted octanol–water partition coefficient (Wildman–Crippen LogP) is 3.90. The molecule has 0 aliphatic heterocycles. The summed E-state index contributed by atoms with van der Waals surface area (Å²) in [5, 5.41) is 13.2. The van der Waals surface area contributed by atoms with Crippen molar-refractivity contribution in [3.05, 3.63) is 54.3 Å². The molecule has 12 nitrogen and oxygen atoms in total. The maximum atomic E-state index is 12.3. The Morgan fingerprint density at radius 3 is 2.65 bits per heavy atom. The minimum atomic E-state index is -0.205. The minimum Gasteiger partial charge on any atom is -0.494 e. The summed E-state index contributed by atoms with van der Waals surface area (Å²) < 4.78 is 13.1. The molecule has 0 aliphatic carbocycles. The summed E-state index contributed by atoms with van der Waals surface area (Å²) in [6.07, 6.45) is 6.51. The first-order valence-corrected chi connectivity index (χ1v) is 11.6. The molecule has 37 heavy (non-hydrogen) atoms. The van der Waals surface area contributed by atoms with E-state index in [9.17, 15) is 9.59 Å². The molecule has 0 spiro atoms. The molecule has 192 valence electrons. The molecule has 0 atom stereocenters. The number of carbonyl (C=O) groups is 2. The number of methoxy groups -OCH3 is 1. The van der Waals surface area contributed by atoms with Gasteiger partial charge in [-0.15, -0.1) is 0 Å². The van der Waals surface area contributed by atoms with E-state index in [1.807, 2.05) is 24.7 Å². The van der Waals surface area contributed by atoms with Gasteiger partial charge in [-0.2, -0.15) is 10.1 Å². The van der Waals surface area contributed by atoms with Crippen LogP contribution in [0.1, 0.15) is 42.9 Å². The average molecular weight is 505 g/mol. The van der Waals surface area contributed by atoms with Crippen LogP contribution >= 0.6 is 0 Å². The van der Waals surface area contributed by atoms with Gasteiger partial charge in [-0.25, -0.2) is 9.97 Å². The molecule has 3 aromatic heterocycles. The van der Waals surface area contributed by atoms with Gasteiger partial charge in [0.15, 0.2) is 11.5 Å². The van der Waals surface area contributed by atoms with E-state index in [-0.39, 0.29) is 30.1 Å². The SMILES string of the molecule is CNC(=O)Cc1coc(-c2cccc(Nc3nc(Nc4cnn(C(C)C)c4)ncc3C(C)=O)c2OC)n1. The fourth-order valence-corrected chi connectivity index (χ4v) is 3.53. The number of nitrogens with zero attached hydrogens (tertiary/aromatic N) is 5. The highest BCUT2D eigenvalue weighted by molar-refractivity contribution is 5.99. The number of rotatable bonds is 10. The normalized spacial score (nSPS) is 10.9. The first kappa shape index (κ1) is 25.4. The van der Waals surface area contributed by atoms with Crippen molar-refractivity contribution in [3.63, 3.8) is 0 Å². The molecule has 4 rings (SSSR count). The summed E-state index contributed by atoms with van der Waals surface area (Å²) >= 11 is 0. The lowest BCUT2D eigenvalue weighted by Crippen LogP contribution is -2.20. The monoisotopic (exact) mass is 504 g/mol.